The Morgan fingerprint density at radius 2 is 1.74 bits per heavy atom. The number of hydrogen-bond acceptors (Lipinski definition) is 3. The monoisotopic (exact) mass is 433 g/mol. The van der Waals surface area contributed by atoms with Gasteiger partial charge in [0.15, 0.2) is 5.96 Å². The van der Waals surface area contributed by atoms with Crippen LogP contribution in [0.15, 0.2) is 59.6 Å². The molecule has 0 saturated carbocycles. The fourth-order valence-electron chi connectivity index (χ4n) is 3.41. The Morgan fingerprint density at radius 3 is 2.39 bits per heavy atom. The van der Waals surface area contributed by atoms with Crippen molar-refractivity contribution >= 4 is 17.6 Å². The molecule has 1 saturated heterocycles. The minimum atomic E-state index is -4.42. The summed E-state index contributed by atoms with van der Waals surface area (Å²) in [6.45, 7) is 2.57. The first-order chi connectivity index (χ1) is 14.9. The largest absolute Gasteiger partial charge is 0.416 e. The fourth-order valence-corrected chi connectivity index (χ4v) is 3.41. The first-order valence-electron chi connectivity index (χ1n) is 10.1. The summed E-state index contributed by atoms with van der Waals surface area (Å²) < 4.78 is 37.8. The smallest absolute Gasteiger partial charge is 0.369 e. The maximum atomic E-state index is 12.6. The number of nitrogens with one attached hydrogen (secondary N) is 3. The van der Waals surface area contributed by atoms with E-state index in [0.29, 0.717) is 19.0 Å². The van der Waals surface area contributed by atoms with Gasteiger partial charge in [0, 0.05) is 50.5 Å². The van der Waals surface area contributed by atoms with Gasteiger partial charge in [-0.2, -0.15) is 13.2 Å². The Labute approximate surface area is 179 Å². The highest BCUT2D eigenvalue weighted by atomic mass is 19.4. The second-order valence-corrected chi connectivity index (χ2v) is 7.24. The van der Waals surface area contributed by atoms with Crippen LogP contribution in [0.3, 0.4) is 0 Å². The Balaban J connectivity index is 1.39. The second kappa shape index (κ2) is 10.2. The number of para-hydroxylation sites is 1. The van der Waals surface area contributed by atoms with Crippen molar-refractivity contribution in [1.29, 1.82) is 0 Å². The van der Waals surface area contributed by atoms with Crippen molar-refractivity contribution in [3.8, 4) is 0 Å². The van der Waals surface area contributed by atoms with Gasteiger partial charge < -0.3 is 20.9 Å². The van der Waals surface area contributed by atoms with E-state index in [1.807, 2.05) is 18.2 Å². The van der Waals surface area contributed by atoms with Crippen molar-refractivity contribution in [2.24, 2.45) is 4.99 Å². The molecule has 1 atom stereocenters. The van der Waals surface area contributed by atoms with Crippen molar-refractivity contribution in [3.05, 3.63) is 65.7 Å². The average Bonchev–Trinajstić information content (AvgIpc) is 3.24. The zero-order valence-corrected chi connectivity index (χ0v) is 17.2. The molecule has 0 aliphatic carbocycles. The number of alkyl halides is 3. The molecular weight excluding hydrogens is 407 g/mol. The van der Waals surface area contributed by atoms with E-state index in [4.69, 9.17) is 0 Å². The molecule has 1 unspecified atom stereocenters. The molecule has 0 spiro atoms. The highest BCUT2D eigenvalue weighted by Crippen LogP contribution is 2.29. The van der Waals surface area contributed by atoms with E-state index < -0.39 is 17.6 Å². The number of carbonyl (C=O) groups is 1. The van der Waals surface area contributed by atoms with E-state index in [-0.39, 0.29) is 11.6 Å². The Bertz CT molecular complexity index is 884. The van der Waals surface area contributed by atoms with Gasteiger partial charge in [-0.15, -0.1) is 0 Å². The number of benzene rings is 2. The van der Waals surface area contributed by atoms with Crippen LogP contribution in [0.2, 0.25) is 0 Å². The van der Waals surface area contributed by atoms with Crippen molar-refractivity contribution in [1.82, 2.24) is 16.0 Å². The maximum absolute atomic E-state index is 12.6. The van der Waals surface area contributed by atoms with Crippen LogP contribution in [-0.4, -0.2) is 51.1 Å². The quantitative estimate of drug-likeness (QED) is 0.372. The molecule has 2 aromatic carbocycles. The number of hydrogen-bond donors (Lipinski definition) is 3. The lowest BCUT2D eigenvalue weighted by atomic mass is 10.1. The van der Waals surface area contributed by atoms with Gasteiger partial charge >= 0.3 is 6.18 Å². The molecule has 1 heterocycles. The number of anilines is 1. The predicted octanol–water partition coefficient (Wildman–Crippen LogP) is 2.88. The second-order valence-electron chi connectivity index (χ2n) is 7.24. The van der Waals surface area contributed by atoms with Crippen molar-refractivity contribution in [3.63, 3.8) is 0 Å². The Morgan fingerprint density at radius 1 is 1.06 bits per heavy atom. The lowest BCUT2D eigenvalue weighted by molar-refractivity contribution is -0.137. The van der Waals surface area contributed by atoms with Gasteiger partial charge in [0.2, 0.25) is 0 Å². The predicted molar refractivity (Wildman–Crippen MR) is 115 cm³/mol. The number of rotatable bonds is 6. The van der Waals surface area contributed by atoms with Crippen LogP contribution in [0.4, 0.5) is 18.9 Å². The standard InChI is InChI=1S/C22H26F3N5O/c1-26-21(29-18-11-14-30(15-18)19-5-3-2-4-6-19)28-13-12-27-20(31)16-7-9-17(10-8-16)22(23,24)25/h2-10,18H,11-15H2,1H3,(H,27,31)(H2,26,28,29). The summed E-state index contributed by atoms with van der Waals surface area (Å²) in [4.78, 5) is 18.6. The van der Waals surface area contributed by atoms with Crippen LogP contribution in [0, 0.1) is 0 Å². The van der Waals surface area contributed by atoms with Crippen LogP contribution in [0.5, 0.6) is 0 Å². The van der Waals surface area contributed by atoms with E-state index in [9.17, 15) is 18.0 Å². The molecule has 2 aromatic rings. The average molecular weight is 433 g/mol. The SMILES string of the molecule is CN=C(NCCNC(=O)c1ccc(C(F)(F)F)cc1)NC1CCN(c2ccccc2)C1. The van der Waals surface area contributed by atoms with Gasteiger partial charge in [-0.05, 0) is 42.8 Å². The van der Waals surface area contributed by atoms with Gasteiger partial charge in [-0.1, -0.05) is 18.2 Å². The van der Waals surface area contributed by atoms with Crippen LogP contribution in [0.25, 0.3) is 0 Å². The van der Waals surface area contributed by atoms with Gasteiger partial charge in [0.25, 0.3) is 5.91 Å². The van der Waals surface area contributed by atoms with Crippen LogP contribution >= 0.6 is 0 Å². The van der Waals surface area contributed by atoms with Crippen LogP contribution < -0.4 is 20.9 Å². The number of guanidine groups is 1. The third-order valence-electron chi connectivity index (χ3n) is 5.05. The maximum Gasteiger partial charge on any atom is 0.416 e. The normalized spacial score (nSPS) is 16.8. The summed E-state index contributed by atoms with van der Waals surface area (Å²) in [7, 11) is 1.68. The lowest BCUT2D eigenvalue weighted by Crippen LogP contribution is -2.46. The summed E-state index contributed by atoms with van der Waals surface area (Å²) in [6, 6.07) is 14.6. The van der Waals surface area contributed by atoms with E-state index in [1.165, 1.54) is 17.8 Å². The minimum Gasteiger partial charge on any atom is -0.369 e. The molecule has 166 valence electrons. The molecule has 1 aliphatic rings. The van der Waals surface area contributed by atoms with Crippen molar-refractivity contribution in [2.75, 3.05) is 38.1 Å². The van der Waals surface area contributed by atoms with Crippen LogP contribution in [-0.2, 0) is 6.18 Å². The molecule has 1 aliphatic heterocycles. The van der Waals surface area contributed by atoms with Gasteiger partial charge in [-0.3, -0.25) is 9.79 Å². The summed E-state index contributed by atoms with van der Waals surface area (Å²) in [5, 5.41) is 9.21. The summed E-state index contributed by atoms with van der Waals surface area (Å²) >= 11 is 0. The highest BCUT2D eigenvalue weighted by molar-refractivity contribution is 5.94. The van der Waals surface area contributed by atoms with Gasteiger partial charge in [-0.25, -0.2) is 0 Å². The molecule has 0 radical (unpaired) electrons. The summed E-state index contributed by atoms with van der Waals surface area (Å²) in [5.41, 5.74) is 0.599. The molecule has 1 amide bonds. The molecule has 9 heteroatoms. The molecule has 3 rings (SSSR count). The van der Waals surface area contributed by atoms with Crippen molar-refractivity contribution in [2.45, 2.75) is 18.6 Å². The number of carbonyl (C=O) groups excluding carboxylic acids is 1. The van der Waals surface area contributed by atoms with E-state index in [2.05, 4.69) is 38.0 Å². The minimum absolute atomic E-state index is 0.183. The highest BCUT2D eigenvalue weighted by Gasteiger charge is 2.30. The summed E-state index contributed by atoms with van der Waals surface area (Å²) in [6.07, 6.45) is -3.43. The molecule has 6 nitrogen and oxygen atoms in total. The first kappa shape index (κ1) is 22.5. The van der Waals surface area contributed by atoms with Gasteiger partial charge in [0.05, 0.1) is 5.56 Å². The zero-order valence-electron chi connectivity index (χ0n) is 17.2. The number of halogens is 3. The van der Waals surface area contributed by atoms with E-state index in [1.54, 1.807) is 7.05 Å². The number of nitrogens with zero attached hydrogens (tertiary/aromatic N) is 2. The van der Waals surface area contributed by atoms with Crippen molar-refractivity contribution < 1.29 is 18.0 Å². The molecule has 1 fully saturated rings. The molecule has 3 N–H and O–H groups in total. The third-order valence-corrected chi connectivity index (χ3v) is 5.05. The van der Waals surface area contributed by atoms with Gasteiger partial charge in [0.1, 0.15) is 0 Å². The molecule has 31 heavy (non-hydrogen) atoms. The fraction of sp³-hybridized carbons (Fsp3) is 0.364. The molecule has 0 aromatic heterocycles. The van der Waals surface area contributed by atoms with E-state index in [0.717, 1.165) is 31.6 Å². The Kier molecular flexibility index (Phi) is 7.38. The van der Waals surface area contributed by atoms with Crippen LogP contribution in [0.1, 0.15) is 22.3 Å². The molecule has 0 bridgehead atoms. The number of amides is 1. The third kappa shape index (κ3) is 6.37. The topological polar surface area (TPSA) is 68.8 Å². The Hall–Kier alpha value is -3.23. The number of aliphatic imine (C=N–C) groups is 1. The van der Waals surface area contributed by atoms with E-state index >= 15 is 0 Å². The summed E-state index contributed by atoms with van der Waals surface area (Å²) in [5.74, 6) is 0.219. The zero-order chi connectivity index (χ0) is 22.3. The molecular formula is C22H26F3N5O. The lowest BCUT2D eigenvalue weighted by Gasteiger charge is -2.20. The first-order valence-corrected chi connectivity index (χ1v) is 10.1.